The van der Waals surface area contributed by atoms with Crippen LogP contribution >= 0.6 is 0 Å². The van der Waals surface area contributed by atoms with Gasteiger partial charge >= 0.3 is 5.97 Å². The van der Waals surface area contributed by atoms with Crippen LogP contribution in [0.3, 0.4) is 0 Å². The van der Waals surface area contributed by atoms with Gasteiger partial charge in [0.1, 0.15) is 5.76 Å². The molecule has 3 aliphatic rings. The van der Waals surface area contributed by atoms with Gasteiger partial charge in [0, 0.05) is 6.42 Å². The lowest BCUT2D eigenvalue weighted by molar-refractivity contribution is -0.139. The molecule has 2 fully saturated rings. The molecule has 3 aliphatic carbocycles. The third kappa shape index (κ3) is 6.25. The van der Waals surface area contributed by atoms with Crippen molar-refractivity contribution in [3.63, 3.8) is 0 Å². The van der Waals surface area contributed by atoms with Crippen LogP contribution in [0.2, 0.25) is 0 Å². The van der Waals surface area contributed by atoms with Gasteiger partial charge in [0.2, 0.25) is 0 Å². The minimum absolute atomic E-state index is 0.281. The van der Waals surface area contributed by atoms with Crippen LogP contribution in [-0.4, -0.2) is 17.7 Å². The Bertz CT molecular complexity index is 536. The molecule has 1 atom stereocenters. The van der Waals surface area contributed by atoms with Crippen molar-refractivity contribution in [2.75, 3.05) is 6.61 Å². The fourth-order valence-electron chi connectivity index (χ4n) is 6.41. The van der Waals surface area contributed by atoms with E-state index in [9.17, 15) is 9.90 Å². The normalized spacial score (nSPS) is 33.5. The maximum Gasteiger partial charge on any atom is 0.337 e. The molecule has 1 unspecified atom stereocenters. The Morgan fingerprint density at radius 2 is 1.45 bits per heavy atom. The van der Waals surface area contributed by atoms with Gasteiger partial charge in [-0.05, 0) is 87.4 Å². The van der Waals surface area contributed by atoms with E-state index in [1.165, 1.54) is 64.2 Å². The first kappa shape index (κ1) is 22.7. The average Bonchev–Trinajstić information content (AvgIpc) is 2.75. The molecule has 29 heavy (non-hydrogen) atoms. The predicted molar refractivity (Wildman–Crippen MR) is 119 cm³/mol. The van der Waals surface area contributed by atoms with E-state index in [4.69, 9.17) is 4.74 Å². The second-order valence-electron chi connectivity index (χ2n) is 10.2. The van der Waals surface area contributed by atoms with Gasteiger partial charge in [-0.15, -0.1) is 0 Å². The summed E-state index contributed by atoms with van der Waals surface area (Å²) in [6.07, 6.45) is 18.4. The van der Waals surface area contributed by atoms with Gasteiger partial charge in [0.15, 0.2) is 0 Å². The van der Waals surface area contributed by atoms with Crippen molar-refractivity contribution < 1.29 is 14.6 Å². The van der Waals surface area contributed by atoms with Gasteiger partial charge in [-0.25, -0.2) is 4.79 Å². The smallest absolute Gasteiger partial charge is 0.337 e. The molecule has 166 valence electrons. The molecule has 3 rings (SSSR count). The molecule has 0 bridgehead atoms. The molecule has 2 saturated carbocycles. The van der Waals surface area contributed by atoms with Gasteiger partial charge in [0.25, 0.3) is 0 Å². The molecule has 0 heterocycles. The fourth-order valence-corrected chi connectivity index (χ4v) is 6.41. The average molecular weight is 405 g/mol. The van der Waals surface area contributed by atoms with Crippen LogP contribution in [0.1, 0.15) is 110 Å². The van der Waals surface area contributed by atoms with Gasteiger partial charge in [-0.1, -0.05) is 46.0 Å². The summed E-state index contributed by atoms with van der Waals surface area (Å²) in [5.41, 5.74) is 0.551. The molecule has 0 aromatic rings. The summed E-state index contributed by atoms with van der Waals surface area (Å²) in [5, 5.41) is 10.5. The van der Waals surface area contributed by atoms with Gasteiger partial charge in [0.05, 0.1) is 12.2 Å². The summed E-state index contributed by atoms with van der Waals surface area (Å²) >= 11 is 0. The third-order valence-electron chi connectivity index (χ3n) is 8.28. The number of carbonyl (C=O) groups excluding carboxylic acids is 1. The number of unbranched alkanes of at least 4 members (excludes halogenated alkanes) is 1. The number of allylic oxidation sites excluding steroid dienone is 1. The Kier molecular flexibility index (Phi) is 8.93. The van der Waals surface area contributed by atoms with Gasteiger partial charge in [-0.2, -0.15) is 0 Å². The van der Waals surface area contributed by atoms with Crippen molar-refractivity contribution >= 4 is 5.97 Å². The molecule has 0 aromatic carbocycles. The second kappa shape index (κ2) is 11.4. The van der Waals surface area contributed by atoms with E-state index < -0.39 is 0 Å². The lowest BCUT2D eigenvalue weighted by Crippen LogP contribution is -2.30. The Morgan fingerprint density at radius 1 is 0.862 bits per heavy atom. The number of ether oxygens (including phenoxy) is 1. The first-order valence-corrected chi connectivity index (χ1v) is 12.7. The standard InChI is InChI=1S/C26H44O3/c1-3-5-17-29-26(28)24-16-15-23(18-25(24)27)22-13-11-21(12-14-22)20-9-7-19(6-4-2)8-10-20/h19-23,27H,3-18H2,1-2H3. The number of aliphatic hydroxyl groups excluding tert-OH is 1. The summed E-state index contributed by atoms with van der Waals surface area (Å²) in [6.45, 7) is 4.88. The molecule has 1 N–H and O–H groups in total. The molecule has 0 amide bonds. The Hall–Kier alpha value is -0.990. The summed E-state index contributed by atoms with van der Waals surface area (Å²) in [5.74, 6) is 4.27. The molecular weight excluding hydrogens is 360 g/mol. The molecule has 0 aliphatic heterocycles. The number of esters is 1. The topological polar surface area (TPSA) is 46.5 Å². The van der Waals surface area contributed by atoms with Crippen LogP contribution in [0.5, 0.6) is 0 Å². The molecule has 0 radical (unpaired) electrons. The Morgan fingerprint density at radius 3 is 2.00 bits per heavy atom. The molecule has 0 aromatic heterocycles. The summed E-state index contributed by atoms with van der Waals surface area (Å²) < 4.78 is 5.32. The van der Waals surface area contributed by atoms with E-state index >= 15 is 0 Å². The van der Waals surface area contributed by atoms with Crippen molar-refractivity contribution in [3.8, 4) is 0 Å². The van der Waals surface area contributed by atoms with E-state index in [0.29, 0.717) is 36.7 Å². The van der Waals surface area contributed by atoms with Crippen LogP contribution in [0.25, 0.3) is 0 Å². The van der Waals surface area contributed by atoms with E-state index in [1.54, 1.807) is 0 Å². The number of carbonyl (C=O) groups is 1. The van der Waals surface area contributed by atoms with Crippen LogP contribution in [0, 0.1) is 29.6 Å². The zero-order chi connectivity index (χ0) is 20.6. The van der Waals surface area contributed by atoms with Crippen LogP contribution in [0.4, 0.5) is 0 Å². The maximum atomic E-state index is 12.2. The molecule has 3 heteroatoms. The van der Waals surface area contributed by atoms with Crippen molar-refractivity contribution in [2.45, 2.75) is 110 Å². The lowest BCUT2D eigenvalue weighted by atomic mass is 9.65. The third-order valence-corrected chi connectivity index (χ3v) is 8.28. The van der Waals surface area contributed by atoms with Crippen LogP contribution < -0.4 is 0 Å². The minimum atomic E-state index is -0.281. The van der Waals surface area contributed by atoms with Crippen LogP contribution in [-0.2, 0) is 9.53 Å². The van der Waals surface area contributed by atoms with Gasteiger partial charge in [-0.3, -0.25) is 0 Å². The minimum Gasteiger partial charge on any atom is -0.512 e. The number of hydrogen-bond acceptors (Lipinski definition) is 3. The summed E-state index contributed by atoms with van der Waals surface area (Å²) in [6, 6.07) is 0. The molecule has 0 saturated heterocycles. The zero-order valence-electron chi connectivity index (χ0n) is 19.0. The highest BCUT2D eigenvalue weighted by Gasteiger charge is 2.35. The van der Waals surface area contributed by atoms with Crippen molar-refractivity contribution in [1.29, 1.82) is 0 Å². The first-order valence-electron chi connectivity index (χ1n) is 12.7. The summed E-state index contributed by atoms with van der Waals surface area (Å²) in [7, 11) is 0. The monoisotopic (exact) mass is 404 g/mol. The van der Waals surface area contributed by atoms with E-state index in [0.717, 1.165) is 42.9 Å². The van der Waals surface area contributed by atoms with Crippen molar-refractivity contribution in [1.82, 2.24) is 0 Å². The van der Waals surface area contributed by atoms with Crippen molar-refractivity contribution in [2.24, 2.45) is 29.6 Å². The highest BCUT2D eigenvalue weighted by molar-refractivity contribution is 5.89. The van der Waals surface area contributed by atoms with E-state index in [-0.39, 0.29) is 5.97 Å². The van der Waals surface area contributed by atoms with E-state index in [1.807, 2.05) is 0 Å². The van der Waals surface area contributed by atoms with E-state index in [2.05, 4.69) is 13.8 Å². The second-order valence-corrected chi connectivity index (χ2v) is 10.2. The molecular formula is C26H44O3. The first-order chi connectivity index (χ1) is 14.1. The Labute approximate surface area is 178 Å². The Balaban J connectivity index is 1.42. The zero-order valence-corrected chi connectivity index (χ0v) is 19.0. The molecule has 0 spiro atoms. The largest absolute Gasteiger partial charge is 0.512 e. The fraction of sp³-hybridized carbons (Fsp3) is 0.885. The number of aliphatic hydroxyl groups is 1. The quantitative estimate of drug-likeness (QED) is 0.340. The predicted octanol–water partition coefficient (Wildman–Crippen LogP) is 7.35. The highest BCUT2D eigenvalue weighted by Crippen LogP contribution is 2.46. The maximum absolute atomic E-state index is 12.2. The molecule has 3 nitrogen and oxygen atoms in total. The number of hydrogen-bond donors (Lipinski definition) is 1. The van der Waals surface area contributed by atoms with Crippen LogP contribution in [0.15, 0.2) is 11.3 Å². The number of rotatable bonds is 8. The summed E-state index contributed by atoms with van der Waals surface area (Å²) in [4.78, 5) is 12.2. The van der Waals surface area contributed by atoms with Gasteiger partial charge < -0.3 is 9.84 Å². The lowest BCUT2D eigenvalue weighted by Gasteiger charge is -2.40. The SMILES string of the molecule is CCCCOC(=O)C1=C(O)CC(C2CCC(C3CCC(CCC)CC3)CC2)CC1. The highest BCUT2D eigenvalue weighted by atomic mass is 16.5. The van der Waals surface area contributed by atoms with Crippen molar-refractivity contribution in [3.05, 3.63) is 11.3 Å².